The van der Waals surface area contributed by atoms with Crippen molar-refractivity contribution >= 4 is 39.1 Å². The van der Waals surface area contributed by atoms with Crippen LogP contribution in [0.5, 0.6) is 5.75 Å². The van der Waals surface area contributed by atoms with Crippen LogP contribution in [0.3, 0.4) is 0 Å². The summed E-state index contributed by atoms with van der Waals surface area (Å²) in [5.74, 6) is -0.624. The average molecular weight is 510 g/mol. The third kappa shape index (κ3) is 7.36. The Bertz CT molecular complexity index is 1130. The number of rotatable bonds is 9. The Morgan fingerprint density at radius 1 is 1.09 bits per heavy atom. The molecule has 0 aliphatic heterocycles. The number of anilines is 1. The van der Waals surface area contributed by atoms with Crippen LogP contribution in [0.15, 0.2) is 48.5 Å². The lowest BCUT2D eigenvalue weighted by Crippen LogP contribution is -2.54. The van der Waals surface area contributed by atoms with Gasteiger partial charge >= 0.3 is 0 Å². The van der Waals surface area contributed by atoms with Gasteiger partial charge in [0.2, 0.25) is 21.8 Å². The van der Waals surface area contributed by atoms with Gasteiger partial charge in [0.15, 0.2) is 0 Å². The lowest BCUT2D eigenvalue weighted by molar-refractivity contribution is -0.140. The van der Waals surface area contributed by atoms with Crippen LogP contribution in [0, 0.1) is 0 Å². The molecule has 34 heavy (non-hydrogen) atoms. The third-order valence-electron chi connectivity index (χ3n) is 5.00. The van der Waals surface area contributed by atoms with Crippen molar-refractivity contribution < 1.29 is 22.7 Å². The normalized spacial score (nSPS) is 12.6. The number of hydrogen-bond donors (Lipinski definition) is 1. The van der Waals surface area contributed by atoms with E-state index in [9.17, 15) is 18.0 Å². The van der Waals surface area contributed by atoms with Crippen LogP contribution >= 0.6 is 11.6 Å². The molecule has 2 rings (SSSR count). The molecular weight excluding hydrogens is 478 g/mol. The van der Waals surface area contributed by atoms with Crippen LogP contribution < -0.4 is 14.4 Å². The number of para-hydroxylation sites is 2. The van der Waals surface area contributed by atoms with Gasteiger partial charge in [-0.3, -0.25) is 13.9 Å². The second kappa shape index (κ2) is 11.1. The lowest BCUT2D eigenvalue weighted by Gasteiger charge is -2.33. The van der Waals surface area contributed by atoms with E-state index in [1.165, 1.54) is 12.0 Å². The van der Waals surface area contributed by atoms with Crippen molar-refractivity contribution in [2.45, 2.75) is 45.8 Å². The largest absolute Gasteiger partial charge is 0.495 e. The van der Waals surface area contributed by atoms with Crippen molar-refractivity contribution in [2.75, 3.05) is 24.2 Å². The molecule has 0 saturated carbocycles. The van der Waals surface area contributed by atoms with Crippen molar-refractivity contribution in [2.24, 2.45) is 0 Å². The first-order valence-corrected chi connectivity index (χ1v) is 12.9. The van der Waals surface area contributed by atoms with Crippen LogP contribution in [-0.4, -0.2) is 56.6 Å². The summed E-state index contributed by atoms with van der Waals surface area (Å²) < 4.78 is 31.6. The van der Waals surface area contributed by atoms with E-state index < -0.39 is 34.1 Å². The Kier molecular flexibility index (Phi) is 8.96. The van der Waals surface area contributed by atoms with Gasteiger partial charge in [-0.1, -0.05) is 41.9 Å². The molecule has 186 valence electrons. The van der Waals surface area contributed by atoms with Crippen LogP contribution in [0.2, 0.25) is 5.02 Å². The van der Waals surface area contributed by atoms with Crippen molar-refractivity contribution in [1.29, 1.82) is 0 Å². The molecule has 0 saturated heterocycles. The molecule has 1 N–H and O–H groups in total. The maximum absolute atomic E-state index is 13.6. The van der Waals surface area contributed by atoms with Crippen molar-refractivity contribution in [3.05, 3.63) is 59.1 Å². The highest BCUT2D eigenvalue weighted by atomic mass is 35.5. The third-order valence-corrected chi connectivity index (χ3v) is 6.49. The topological polar surface area (TPSA) is 96.0 Å². The lowest BCUT2D eigenvalue weighted by atomic mass is 10.1. The number of amides is 2. The molecule has 2 amide bonds. The molecule has 2 aromatic rings. The van der Waals surface area contributed by atoms with Gasteiger partial charge in [-0.25, -0.2) is 8.42 Å². The Morgan fingerprint density at radius 2 is 1.68 bits per heavy atom. The Labute approximate surface area is 206 Å². The number of halogens is 1. The van der Waals surface area contributed by atoms with Gasteiger partial charge in [0, 0.05) is 17.1 Å². The average Bonchev–Trinajstić information content (AvgIpc) is 2.74. The van der Waals surface area contributed by atoms with Crippen LogP contribution in [0.1, 0.15) is 33.3 Å². The van der Waals surface area contributed by atoms with Gasteiger partial charge in [-0.2, -0.15) is 0 Å². The summed E-state index contributed by atoms with van der Waals surface area (Å²) in [7, 11) is -2.44. The summed E-state index contributed by atoms with van der Waals surface area (Å²) in [6.45, 7) is 6.63. The zero-order valence-electron chi connectivity index (χ0n) is 20.3. The Hall–Kier alpha value is -2.78. The number of benzene rings is 2. The highest BCUT2D eigenvalue weighted by Gasteiger charge is 2.32. The summed E-state index contributed by atoms with van der Waals surface area (Å²) in [6, 6.07) is 12.6. The van der Waals surface area contributed by atoms with Crippen LogP contribution in [0.4, 0.5) is 5.69 Å². The Morgan fingerprint density at radius 3 is 2.24 bits per heavy atom. The number of methoxy groups -OCH3 is 1. The maximum Gasteiger partial charge on any atom is 0.244 e. The number of sulfonamides is 1. The molecule has 0 bridgehead atoms. The molecular formula is C24H32ClN3O5S. The van der Waals surface area contributed by atoms with E-state index in [0.29, 0.717) is 16.3 Å². The van der Waals surface area contributed by atoms with E-state index in [1.54, 1.807) is 55.5 Å². The summed E-state index contributed by atoms with van der Waals surface area (Å²) >= 11 is 6.32. The van der Waals surface area contributed by atoms with Crippen molar-refractivity contribution in [1.82, 2.24) is 10.2 Å². The van der Waals surface area contributed by atoms with Gasteiger partial charge in [0.25, 0.3) is 0 Å². The molecule has 0 aliphatic rings. The number of carbonyl (C=O) groups is 2. The summed E-state index contributed by atoms with van der Waals surface area (Å²) in [5, 5.41) is 3.31. The monoisotopic (exact) mass is 509 g/mol. The molecule has 8 nitrogen and oxygen atoms in total. The fourth-order valence-corrected chi connectivity index (χ4v) is 4.35. The van der Waals surface area contributed by atoms with E-state index in [1.807, 2.05) is 20.8 Å². The molecule has 0 heterocycles. The highest BCUT2D eigenvalue weighted by molar-refractivity contribution is 7.92. The Balaban J connectivity index is 2.46. The minimum absolute atomic E-state index is 0.0285. The SMILES string of the molecule is COc1ccccc1N(CC(=O)N(Cc1ccccc1Cl)[C@H](C)C(=O)NC(C)(C)C)S(C)(=O)=O. The van der Waals surface area contributed by atoms with Gasteiger partial charge in [0.1, 0.15) is 18.3 Å². The maximum atomic E-state index is 13.6. The first-order chi connectivity index (χ1) is 15.7. The summed E-state index contributed by atoms with van der Waals surface area (Å²) in [4.78, 5) is 27.8. The van der Waals surface area contributed by atoms with Crippen molar-refractivity contribution in [3.63, 3.8) is 0 Å². The molecule has 2 aromatic carbocycles. The van der Waals surface area contributed by atoms with Crippen LogP contribution in [0.25, 0.3) is 0 Å². The summed E-state index contributed by atoms with van der Waals surface area (Å²) in [6.07, 6.45) is 1.01. The minimum atomic E-state index is -3.86. The number of ether oxygens (including phenoxy) is 1. The van der Waals surface area contributed by atoms with Gasteiger partial charge in [0.05, 0.1) is 19.1 Å². The predicted octanol–water partition coefficient (Wildman–Crippen LogP) is 3.45. The second-order valence-corrected chi connectivity index (χ2v) is 11.3. The van der Waals surface area contributed by atoms with E-state index in [2.05, 4.69) is 5.32 Å². The molecule has 0 unspecified atom stereocenters. The van der Waals surface area contributed by atoms with E-state index in [4.69, 9.17) is 16.3 Å². The number of hydrogen-bond acceptors (Lipinski definition) is 5. The number of carbonyl (C=O) groups excluding carboxylic acids is 2. The summed E-state index contributed by atoms with van der Waals surface area (Å²) in [5.41, 5.74) is 0.349. The van der Waals surface area contributed by atoms with E-state index in [0.717, 1.165) is 10.6 Å². The molecule has 10 heteroatoms. The zero-order chi connectivity index (χ0) is 25.7. The standard InChI is InChI=1S/C24H32ClN3O5S/c1-17(23(30)26-24(2,3)4)27(15-18-11-7-8-12-19(18)25)22(29)16-28(34(6,31)32)20-13-9-10-14-21(20)33-5/h7-14,17H,15-16H2,1-6H3,(H,26,30)/t17-/m1/s1. The molecule has 0 aliphatic carbocycles. The van der Waals surface area contributed by atoms with Gasteiger partial charge in [-0.15, -0.1) is 0 Å². The van der Waals surface area contributed by atoms with Gasteiger partial charge < -0.3 is 15.0 Å². The molecule has 1 atom stereocenters. The zero-order valence-corrected chi connectivity index (χ0v) is 21.9. The van der Waals surface area contributed by atoms with Crippen molar-refractivity contribution in [3.8, 4) is 5.75 Å². The van der Waals surface area contributed by atoms with Gasteiger partial charge in [-0.05, 0) is 51.5 Å². The number of nitrogens with zero attached hydrogens (tertiary/aromatic N) is 2. The second-order valence-electron chi connectivity index (χ2n) is 8.97. The number of nitrogens with one attached hydrogen (secondary N) is 1. The molecule has 0 fully saturated rings. The molecule has 0 aromatic heterocycles. The molecule has 0 radical (unpaired) electrons. The fraction of sp³-hybridized carbons (Fsp3) is 0.417. The quantitative estimate of drug-likeness (QED) is 0.558. The minimum Gasteiger partial charge on any atom is -0.495 e. The smallest absolute Gasteiger partial charge is 0.244 e. The fourth-order valence-electron chi connectivity index (χ4n) is 3.30. The van der Waals surface area contributed by atoms with Crippen LogP contribution in [-0.2, 0) is 26.2 Å². The highest BCUT2D eigenvalue weighted by Crippen LogP contribution is 2.30. The predicted molar refractivity (Wildman–Crippen MR) is 135 cm³/mol. The first-order valence-electron chi connectivity index (χ1n) is 10.7. The molecule has 0 spiro atoms. The van der Waals surface area contributed by atoms with E-state index >= 15 is 0 Å². The first kappa shape index (κ1) is 27.5. The van der Waals surface area contributed by atoms with E-state index in [-0.39, 0.29) is 18.1 Å².